The number of methoxy groups -OCH3 is 1. The van der Waals surface area contributed by atoms with E-state index in [4.69, 9.17) is 4.74 Å². The highest BCUT2D eigenvalue weighted by Crippen LogP contribution is 2.28. The van der Waals surface area contributed by atoms with Gasteiger partial charge < -0.3 is 14.6 Å². The zero-order valence-electron chi connectivity index (χ0n) is 11.1. The van der Waals surface area contributed by atoms with Crippen LogP contribution in [0.3, 0.4) is 0 Å². The lowest BCUT2D eigenvalue weighted by molar-refractivity contribution is 0.368. The van der Waals surface area contributed by atoms with Crippen molar-refractivity contribution in [1.82, 2.24) is 9.97 Å². The van der Waals surface area contributed by atoms with Gasteiger partial charge in [0.1, 0.15) is 0 Å². The summed E-state index contributed by atoms with van der Waals surface area (Å²) in [5, 5.41) is 0. The molecule has 2 heterocycles. The lowest BCUT2D eigenvalue weighted by Crippen LogP contribution is -2.35. The van der Waals surface area contributed by atoms with E-state index < -0.39 is 0 Å². The van der Waals surface area contributed by atoms with Gasteiger partial charge in [-0.2, -0.15) is 0 Å². The molecule has 0 bridgehead atoms. The summed E-state index contributed by atoms with van der Waals surface area (Å²) < 4.78 is 5.16. The molecule has 1 N–H and O–H groups in total. The summed E-state index contributed by atoms with van der Waals surface area (Å²) in [7, 11) is 1.51. The number of nitrogens with one attached hydrogen (secondary N) is 1. The normalized spacial score (nSPS) is 16.9. The van der Waals surface area contributed by atoms with Crippen LogP contribution in [0.25, 0.3) is 0 Å². The number of ether oxygens (including phenoxy) is 1. The first kappa shape index (κ1) is 12.9. The Balaban J connectivity index is 2.10. The van der Waals surface area contributed by atoms with Crippen LogP contribution in [0.5, 0.6) is 5.75 Å². The maximum Gasteiger partial charge on any atom is 0.295 e. The first-order valence-electron chi connectivity index (χ1n) is 6.62. The van der Waals surface area contributed by atoms with Crippen LogP contribution in [-0.4, -0.2) is 30.2 Å². The number of hydrogen-bond donors (Lipinski definition) is 1. The van der Waals surface area contributed by atoms with Gasteiger partial charge in [0.25, 0.3) is 5.56 Å². The van der Waals surface area contributed by atoms with Crippen molar-refractivity contribution in [3.8, 4) is 5.75 Å². The number of piperidine rings is 1. The Morgan fingerprint density at radius 3 is 2.83 bits per heavy atom. The molecule has 1 aromatic heterocycles. The summed E-state index contributed by atoms with van der Waals surface area (Å²) in [5.41, 5.74) is -0.210. The predicted molar refractivity (Wildman–Crippen MR) is 71.3 cm³/mol. The Kier molecular flexibility index (Phi) is 4.23. The molecule has 0 aliphatic carbocycles. The quantitative estimate of drug-likeness (QED) is 0.886. The van der Waals surface area contributed by atoms with E-state index in [0.29, 0.717) is 11.6 Å². The fraction of sp³-hybridized carbons (Fsp3) is 0.692. The van der Waals surface area contributed by atoms with Crippen molar-refractivity contribution in [2.24, 2.45) is 5.92 Å². The van der Waals surface area contributed by atoms with Gasteiger partial charge in [0.15, 0.2) is 5.82 Å². The fourth-order valence-electron chi connectivity index (χ4n) is 2.63. The number of anilines is 1. The highest BCUT2D eigenvalue weighted by atomic mass is 16.5. The topological polar surface area (TPSA) is 58.2 Å². The minimum atomic E-state index is -0.210. The molecule has 2 rings (SSSR count). The van der Waals surface area contributed by atoms with Crippen molar-refractivity contribution >= 4 is 5.82 Å². The minimum absolute atomic E-state index is 0.210. The smallest absolute Gasteiger partial charge is 0.295 e. The average Bonchev–Trinajstić information content (AvgIpc) is 2.40. The summed E-state index contributed by atoms with van der Waals surface area (Å²) in [5.74, 6) is 1.82. The highest BCUT2D eigenvalue weighted by molar-refractivity contribution is 5.50. The van der Waals surface area contributed by atoms with E-state index in [0.717, 1.165) is 19.0 Å². The highest BCUT2D eigenvalue weighted by Gasteiger charge is 2.22. The van der Waals surface area contributed by atoms with Crippen LogP contribution in [0.4, 0.5) is 5.82 Å². The molecule has 1 aromatic rings. The molecule has 0 atom stereocenters. The first-order valence-corrected chi connectivity index (χ1v) is 6.62. The van der Waals surface area contributed by atoms with Gasteiger partial charge in [-0.15, -0.1) is 0 Å². The summed E-state index contributed by atoms with van der Waals surface area (Å²) in [6.07, 6.45) is 6.33. The number of nitrogens with zero attached hydrogens (tertiary/aromatic N) is 2. The van der Waals surface area contributed by atoms with Gasteiger partial charge in [-0.05, 0) is 18.8 Å². The molecule has 1 aliphatic rings. The van der Waals surface area contributed by atoms with Crippen LogP contribution in [0.1, 0.15) is 32.6 Å². The third-order valence-corrected chi connectivity index (χ3v) is 3.61. The zero-order valence-corrected chi connectivity index (χ0v) is 11.1. The fourth-order valence-corrected chi connectivity index (χ4v) is 2.63. The van der Waals surface area contributed by atoms with E-state index in [2.05, 4.69) is 21.8 Å². The van der Waals surface area contributed by atoms with Crippen LogP contribution in [0, 0.1) is 5.92 Å². The van der Waals surface area contributed by atoms with Crippen LogP contribution >= 0.6 is 0 Å². The SMILES string of the molecule is CCCC1CCN(c2nc[nH]c(=O)c2OC)CC1. The van der Waals surface area contributed by atoms with E-state index in [9.17, 15) is 4.79 Å². The molecule has 1 aliphatic heterocycles. The number of rotatable bonds is 4. The van der Waals surface area contributed by atoms with Gasteiger partial charge in [-0.3, -0.25) is 4.79 Å². The Hall–Kier alpha value is -1.52. The van der Waals surface area contributed by atoms with Crippen molar-refractivity contribution in [1.29, 1.82) is 0 Å². The van der Waals surface area contributed by atoms with E-state index in [1.165, 1.54) is 39.1 Å². The zero-order chi connectivity index (χ0) is 13.0. The van der Waals surface area contributed by atoms with E-state index in [1.807, 2.05) is 0 Å². The van der Waals surface area contributed by atoms with Gasteiger partial charge in [0, 0.05) is 13.1 Å². The van der Waals surface area contributed by atoms with Crippen LogP contribution in [0.2, 0.25) is 0 Å². The van der Waals surface area contributed by atoms with Crippen molar-refractivity contribution in [3.05, 3.63) is 16.7 Å². The van der Waals surface area contributed by atoms with E-state index in [-0.39, 0.29) is 5.56 Å². The second-order valence-corrected chi connectivity index (χ2v) is 4.81. The molecule has 1 saturated heterocycles. The number of aromatic nitrogens is 2. The van der Waals surface area contributed by atoms with Crippen molar-refractivity contribution in [2.45, 2.75) is 32.6 Å². The number of aromatic amines is 1. The Morgan fingerprint density at radius 2 is 2.22 bits per heavy atom. The van der Waals surface area contributed by atoms with E-state index >= 15 is 0 Å². The van der Waals surface area contributed by atoms with Crippen molar-refractivity contribution in [2.75, 3.05) is 25.1 Å². The van der Waals surface area contributed by atoms with Crippen LogP contribution < -0.4 is 15.2 Å². The molecule has 0 unspecified atom stereocenters. The maximum atomic E-state index is 11.6. The molecule has 18 heavy (non-hydrogen) atoms. The molecular weight excluding hydrogens is 230 g/mol. The monoisotopic (exact) mass is 251 g/mol. The Morgan fingerprint density at radius 1 is 1.50 bits per heavy atom. The summed E-state index contributed by atoms with van der Waals surface area (Å²) in [6, 6.07) is 0. The molecule has 5 nitrogen and oxygen atoms in total. The standard InChI is InChI=1S/C13H21N3O2/c1-3-4-10-5-7-16(8-6-10)12-11(18-2)13(17)15-9-14-12/h9-10H,3-8H2,1-2H3,(H,14,15,17). The summed E-state index contributed by atoms with van der Waals surface area (Å²) in [4.78, 5) is 20.6. The van der Waals surface area contributed by atoms with Gasteiger partial charge in [0.2, 0.25) is 5.75 Å². The molecule has 0 radical (unpaired) electrons. The molecule has 100 valence electrons. The number of hydrogen-bond acceptors (Lipinski definition) is 4. The third-order valence-electron chi connectivity index (χ3n) is 3.61. The third kappa shape index (κ3) is 2.66. The Bertz CT molecular complexity index is 436. The second kappa shape index (κ2) is 5.89. The van der Waals surface area contributed by atoms with Gasteiger partial charge in [-0.25, -0.2) is 4.98 Å². The van der Waals surface area contributed by atoms with Crippen molar-refractivity contribution in [3.63, 3.8) is 0 Å². The predicted octanol–water partition coefficient (Wildman–Crippen LogP) is 1.79. The average molecular weight is 251 g/mol. The number of H-pyrrole nitrogens is 1. The first-order chi connectivity index (χ1) is 8.76. The molecule has 1 fully saturated rings. The molecule has 0 saturated carbocycles. The molecule has 0 spiro atoms. The minimum Gasteiger partial charge on any atom is -0.489 e. The molecule has 0 amide bonds. The maximum absolute atomic E-state index is 11.6. The lowest BCUT2D eigenvalue weighted by Gasteiger charge is -2.33. The molecule has 5 heteroatoms. The second-order valence-electron chi connectivity index (χ2n) is 4.81. The molecular formula is C13H21N3O2. The summed E-state index contributed by atoms with van der Waals surface area (Å²) >= 11 is 0. The molecule has 0 aromatic carbocycles. The van der Waals surface area contributed by atoms with Gasteiger partial charge in [0.05, 0.1) is 13.4 Å². The lowest BCUT2D eigenvalue weighted by atomic mass is 9.92. The van der Waals surface area contributed by atoms with Crippen LogP contribution in [-0.2, 0) is 0 Å². The van der Waals surface area contributed by atoms with Crippen molar-refractivity contribution < 1.29 is 4.74 Å². The van der Waals surface area contributed by atoms with Crippen LogP contribution in [0.15, 0.2) is 11.1 Å². The largest absolute Gasteiger partial charge is 0.489 e. The van der Waals surface area contributed by atoms with E-state index in [1.54, 1.807) is 0 Å². The Labute approximate surface area is 107 Å². The van der Waals surface area contributed by atoms with Gasteiger partial charge in [-0.1, -0.05) is 19.8 Å². The summed E-state index contributed by atoms with van der Waals surface area (Å²) in [6.45, 7) is 4.14. The van der Waals surface area contributed by atoms with Gasteiger partial charge >= 0.3 is 0 Å².